The minimum atomic E-state index is 0.313. The van der Waals surface area contributed by atoms with Crippen LogP contribution < -0.4 is 10.5 Å². The van der Waals surface area contributed by atoms with Crippen molar-refractivity contribution in [1.29, 1.82) is 0 Å². The molecule has 0 aliphatic heterocycles. The second-order valence-corrected chi connectivity index (χ2v) is 3.67. The average molecular weight is 235 g/mol. The van der Waals surface area contributed by atoms with Gasteiger partial charge in [-0.25, -0.2) is 4.98 Å². The van der Waals surface area contributed by atoms with Crippen LogP contribution in [0.5, 0.6) is 5.75 Å². The SMILES string of the molecule is Nc1ccc(Cl)c(COc2ccccc2)n1. The Morgan fingerprint density at radius 1 is 1.12 bits per heavy atom. The van der Waals surface area contributed by atoms with E-state index in [9.17, 15) is 0 Å². The lowest BCUT2D eigenvalue weighted by atomic mass is 10.3. The van der Waals surface area contributed by atoms with Gasteiger partial charge in [-0.1, -0.05) is 29.8 Å². The summed E-state index contributed by atoms with van der Waals surface area (Å²) in [6.07, 6.45) is 0. The van der Waals surface area contributed by atoms with Gasteiger partial charge in [-0.05, 0) is 24.3 Å². The van der Waals surface area contributed by atoms with Gasteiger partial charge in [-0.15, -0.1) is 0 Å². The third kappa shape index (κ3) is 2.64. The van der Waals surface area contributed by atoms with Crippen LogP contribution in [0.2, 0.25) is 5.02 Å². The Hall–Kier alpha value is -1.74. The smallest absolute Gasteiger partial charge is 0.132 e. The number of nitrogens with zero attached hydrogens (tertiary/aromatic N) is 1. The largest absolute Gasteiger partial charge is 0.487 e. The summed E-state index contributed by atoms with van der Waals surface area (Å²) < 4.78 is 5.53. The molecule has 2 rings (SSSR count). The van der Waals surface area contributed by atoms with Crippen molar-refractivity contribution in [3.63, 3.8) is 0 Å². The van der Waals surface area contributed by atoms with Crippen LogP contribution in [0.1, 0.15) is 5.69 Å². The van der Waals surface area contributed by atoms with E-state index >= 15 is 0 Å². The fourth-order valence-electron chi connectivity index (χ4n) is 1.27. The predicted molar refractivity (Wildman–Crippen MR) is 64.4 cm³/mol. The van der Waals surface area contributed by atoms with Crippen molar-refractivity contribution in [3.05, 3.63) is 53.2 Å². The Morgan fingerprint density at radius 2 is 1.88 bits per heavy atom. The van der Waals surface area contributed by atoms with E-state index < -0.39 is 0 Å². The van der Waals surface area contributed by atoms with Gasteiger partial charge in [0.2, 0.25) is 0 Å². The first-order valence-electron chi connectivity index (χ1n) is 4.84. The summed E-state index contributed by atoms with van der Waals surface area (Å²) in [7, 11) is 0. The number of anilines is 1. The molecule has 0 bridgehead atoms. The normalized spacial score (nSPS) is 10.1. The van der Waals surface area contributed by atoms with Crippen LogP contribution in [0.25, 0.3) is 0 Å². The molecule has 0 saturated heterocycles. The molecule has 16 heavy (non-hydrogen) atoms. The van der Waals surface area contributed by atoms with Crippen LogP contribution in [-0.2, 0) is 6.61 Å². The first-order chi connectivity index (χ1) is 7.75. The molecule has 2 aromatic rings. The molecule has 82 valence electrons. The molecule has 4 heteroatoms. The van der Waals surface area contributed by atoms with Crippen LogP contribution >= 0.6 is 11.6 Å². The summed E-state index contributed by atoms with van der Waals surface area (Å²) in [5, 5.41) is 0.560. The van der Waals surface area contributed by atoms with Gasteiger partial charge in [0, 0.05) is 0 Å². The number of aromatic nitrogens is 1. The number of hydrogen-bond donors (Lipinski definition) is 1. The van der Waals surface area contributed by atoms with E-state index in [2.05, 4.69) is 4.98 Å². The van der Waals surface area contributed by atoms with E-state index in [-0.39, 0.29) is 0 Å². The third-order valence-electron chi connectivity index (χ3n) is 2.06. The van der Waals surface area contributed by atoms with Crippen molar-refractivity contribution in [2.75, 3.05) is 5.73 Å². The standard InChI is InChI=1S/C12H11ClN2O/c13-10-6-7-12(14)15-11(10)8-16-9-4-2-1-3-5-9/h1-7H,8H2,(H2,14,15). The molecule has 0 atom stereocenters. The maximum absolute atomic E-state index is 5.96. The van der Waals surface area contributed by atoms with Crippen LogP contribution in [0.3, 0.4) is 0 Å². The van der Waals surface area contributed by atoms with Gasteiger partial charge in [0.15, 0.2) is 0 Å². The molecule has 3 nitrogen and oxygen atoms in total. The predicted octanol–water partition coefficient (Wildman–Crippen LogP) is 2.90. The zero-order chi connectivity index (χ0) is 11.4. The van der Waals surface area contributed by atoms with E-state index in [1.54, 1.807) is 12.1 Å². The van der Waals surface area contributed by atoms with Crippen molar-refractivity contribution in [1.82, 2.24) is 4.98 Å². The van der Waals surface area contributed by atoms with E-state index in [0.29, 0.717) is 23.1 Å². The quantitative estimate of drug-likeness (QED) is 0.888. The van der Waals surface area contributed by atoms with E-state index in [1.165, 1.54) is 0 Å². The van der Waals surface area contributed by atoms with E-state index in [1.807, 2.05) is 30.3 Å². The van der Waals surface area contributed by atoms with Gasteiger partial charge in [0.25, 0.3) is 0 Å². The Bertz CT molecular complexity index is 474. The Morgan fingerprint density at radius 3 is 2.62 bits per heavy atom. The lowest BCUT2D eigenvalue weighted by Gasteiger charge is -2.07. The number of pyridine rings is 1. The third-order valence-corrected chi connectivity index (χ3v) is 2.40. The maximum Gasteiger partial charge on any atom is 0.132 e. The highest BCUT2D eigenvalue weighted by Gasteiger charge is 2.03. The fraction of sp³-hybridized carbons (Fsp3) is 0.0833. The summed E-state index contributed by atoms with van der Waals surface area (Å²) in [5.74, 6) is 1.22. The second-order valence-electron chi connectivity index (χ2n) is 3.27. The first-order valence-corrected chi connectivity index (χ1v) is 5.22. The first kappa shape index (κ1) is 10.8. The highest BCUT2D eigenvalue weighted by atomic mass is 35.5. The molecule has 1 aromatic heterocycles. The summed E-state index contributed by atoms with van der Waals surface area (Å²) in [4.78, 5) is 4.11. The summed E-state index contributed by atoms with van der Waals surface area (Å²) in [6, 6.07) is 12.9. The minimum absolute atomic E-state index is 0.313. The van der Waals surface area contributed by atoms with Crippen LogP contribution in [0, 0.1) is 0 Å². The van der Waals surface area contributed by atoms with Crippen LogP contribution in [-0.4, -0.2) is 4.98 Å². The van der Waals surface area contributed by atoms with Crippen LogP contribution in [0.4, 0.5) is 5.82 Å². The Balaban J connectivity index is 2.08. The molecule has 0 radical (unpaired) electrons. The number of hydrogen-bond acceptors (Lipinski definition) is 3. The molecule has 0 saturated carbocycles. The molecule has 0 aliphatic carbocycles. The number of rotatable bonds is 3. The molecule has 0 fully saturated rings. The van der Waals surface area contributed by atoms with E-state index in [0.717, 1.165) is 5.75 Å². The molecule has 1 aromatic carbocycles. The monoisotopic (exact) mass is 234 g/mol. The zero-order valence-corrected chi connectivity index (χ0v) is 9.32. The number of nitrogen functional groups attached to an aromatic ring is 1. The molecule has 0 aliphatic rings. The van der Waals surface area contributed by atoms with Crippen LogP contribution in [0.15, 0.2) is 42.5 Å². The number of halogens is 1. The summed E-state index contributed by atoms with van der Waals surface area (Å²) in [6.45, 7) is 0.313. The molecule has 2 N–H and O–H groups in total. The highest BCUT2D eigenvalue weighted by molar-refractivity contribution is 6.31. The number of benzene rings is 1. The van der Waals surface area contributed by atoms with Gasteiger partial charge >= 0.3 is 0 Å². The van der Waals surface area contributed by atoms with Crippen molar-refractivity contribution >= 4 is 17.4 Å². The average Bonchev–Trinajstić information content (AvgIpc) is 2.32. The van der Waals surface area contributed by atoms with E-state index in [4.69, 9.17) is 22.1 Å². The van der Waals surface area contributed by atoms with Gasteiger partial charge in [-0.2, -0.15) is 0 Å². The molecular formula is C12H11ClN2O. The van der Waals surface area contributed by atoms with Crippen molar-refractivity contribution < 1.29 is 4.74 Å². The van der Waals surface area contributed by atoms with Gasteiger partial charge in [0.05, 0.1) is 10.7 Å². The molecular weight excluding hydrogens is 224 g/mol. The minimum Gasteiger partial charge on any atom is -0.487 e. The Kier molecular flexibility index (Phi) is 3.27. The molecule has 1 heterocycles. The Labute approximate surface area is 98.8 Å². The molecule has 0 spiro atoms. The van der Waals surface area contributed by atoms with Crippen molar-refractivity contribution in [3.8, 4) is 5.75 Å². The van der Waals surface area contributed by atoms with Gasteiger partial charge < -0.3 is 10.5 Å². The highest BCUT2D eigenvalue weighted by Crippen LogP contribution is 2.18. The zero-order valence-electron chi connectivity index (χ0n) is 8.56. The molecule has 0 amide bonds. The van der Waals surface area contributed by atoms with Gasteiger partial charge in [-0.3, -0.25) is 0 Å². The lowest BCUT2D eigenvalue weighted by molar-refractivity contribution is 0.301. The number of ether oxygens (including phenoxy) is 1. The fourth-order valence-corrected chi connectivity index (χ4v) is 1.43. The van der Waals surface area contributed by atoms with Gasteiger partial charge in [0.1, 0.15) is 18.2 Å². The summed E-state index contributed by atoms with van der Waals surface area (Å²) >= 11 is 5.96. The van der Waals surface area contributed by atoms with Crippen molar-refractivity contribution in [2.45, 2.75) is 6.61 Å². The topological polar surface area (TPSA) is 48.1 Å². The molecule has 0 unspecified atom stereocenters. The van der Waals surface area contributed by atoms with Crippen molar-refractivity contribution in [2.24, 2.45) is 0 Å². The number of nitrogens with two attached hydrogens (primary N) is 1. The number of para-hydroxylation sites is 1. The second kappa shape index (κ2) is 4.86. The lowest BCUT2D eigenvalue weighted by Crippen LogP contribution is -2.01. The summed E-state index contributed by atoms with van der Waals surface area (Å²) in [5.41, 5.74) is 6.22. The maximum atomic E-state index is 5.96.